The molecule has 3 fully saturated rings. The average molecular weight is 392 g/mol. The fraction of sp³-hybridized carbons (Fsp3) is 0.579. The molecule has 7 nitrogen and oxygen atoms in total. The molecule has 0 saturated carbocycles. The van der Waals surface area contributed by atoms with E-state index in [2.05, 4.69) is 52.1 Å². The number of hydrogen-bond acceptors (Lipinski definition) is 5. The van der Waals surface area contributed by atoms with Crippen molar-refractivity contribution in [1.82, 2.24) is 26.4 Å². The smallest absolute Gasteiger partial charge is 0.322 e. The Morgan fingerprint density at radius 3 is 2.78 bits per heavy atom. The van der Waals surface area contributed by atoms with Crippen molar-refractivity contribution < 1.29 is 9.59 Å². The summed E-state index contributed by atoms with van der Waals surface area (Å²) < 4.78 is 0. The van der Waals surface area contributed by atoms with Crippen molar-refractivity contribution >= 4 is 23.5 Å². The fourth-order valence-electron chi connectivity index (χ4n) is 4.03. The number of rotatable bonds is 4. The van der Waals surface area contributed by atoms with E-state index in [0.29, 0.717) is 31.1 Å². The van der Waals surface area contributed by atoms with Crippen LogP contribution in [0.2, 0.25) is 0 Å². The van der Waals surface area contributed by atoms with Gasteiger partial charge in [0.05, 0.1) is 5.70 Å². The van der Waals surface area contributed by atoms with Crippen molar-refractivity contribution in [3.63, 3.8) is 0 Å². The summed E-state index contributed by atoms with van der Waals surface area (Å²) in [6.45, 7) is 8.02. The highest BCUT2D eigenvalue weighted by atomic mass is 35.5. The van der Waals surface area contributed by atoms with Gasteiger partial charge in [0.1, 0.15) is 11.6 Å². The van der Waals surface area contributed by atoms with Gasteiger partial charge < -0.3 is 10.7 Å². The molecule has 3 unspecified atom stereocenters. The van der Waals surface area contributed by atoms with Crippen LogP contribution in [0.5, 0.6) is 0 Å². The van der Waals surface area contributed by atoms with Crippen molar-refractivity contribution in [3.05, 3.63) is 22.9 Å². The summed E-state index contributed by atoms with van der Waals surface area (Å²) in [5.41, 5.74) is 5.78. The lowest BCUT2D eigenvalue weighted by Gasteiger charge is -2.50. The molecule has 3 heterocycles. The predicted molar refractivity (Wildman–Crippen MR) is 104 cm³/mol. The maximum absolute atomic E-state index is 12.5. The van der Waals surface area contributed by atoms with E-state index in [0.717, 1.165) is 12.1 Å². The third-order valence-electron chi connectivity index (χ3n) is 5.93. The first kappa shape index (κ1) is 19.7. The van der Waals surface area contributed by atoms with Gasteiger partial charge >= 0.3 is 6.03 Å². The Morgan fingerprint density at radius 2 is 2.22 bits per heavy atom. The Labute approximate surface area is 164 Å². The molecule has 4 N–H and O–H groups in total. The van der Waals surface area contributed by atoms with Gasteiger partial charge in [-0.3, -0.25) is 15.0 Å². The number of nitrogens with zero attached hydrogens (tertiary/aromatic N) is 1. The number of urea groups is 1. The highest BCUT2D eigenvalue weighted by Crippen LogP contribution is 2.43. The first-order chi connectivity index (χ1) is 12.8. The van der Waals surface area contributed by atoms with Gasteiger partial charge in [0.25, 0.3) is 5.91 Å². The maximum atomic E-state index is 12.5. The highest BCUT2D eigenvalue weighted by molar-refractivity contribution is 6.31. The van der Waals surface area contributed by atoms with Crippen LogP contribution in [-0.4, -0.2) is 48.1 Å². The molecule has 0 bridgehead atoms. The van der Waals surface area contributed by atoms with Crippen molar-refractivity contribution in [2.24, 2.45) is 5.41 Å². The molecular formula is C19H26ClN5O2. The number of hydrazine groups is 1. The summed E-state index contributed by atoms with van der Waals surface area (Å²) in [5, 5.41) is 5.95. The number of halogens is 1. The third kappa shape index (κ3) is 3.57. The van der Waals surface area contributed by atoms with Crippen LogP contribution in [0, 0.1) is 17.3 Å². The zero-order valence-corrected chi connectivity index (χ0v) is 16.7. The van der Waals surface area contributed by atoms with Crippen molar-refractivity contribution in [2.75, 3.05) is 19.6 Å². The lowest BCUT2D eigenvalue weighted by Crippen LogP contribution is -2.66. The van der Waals surface area contributed by atoms with Crippen LogP contribution in [0.15, 0.2) is 22.9 Å². The molecule has 8 heteroatoms. The maximum Gasteiger partial charge on any atom is 0.322 e. The number of imide groups is 1. The minimum absolute atomic E-state index is 0.000122. The topological polar surface area (TPSA) is 85.5 Å². The van der Waals surface area contributed by atoms with E-state index in [1.807, 2.05) is 12.2 Å². The van der Waals surface area contributed by atoms with Crippen molar-refractivity contribution in [3.8, 4) is 11.8 Å². The molecule has 3 aliphatic heterocycles. The number of carbonyl (C=O) groups is 2. The first-order valence-electron chi connectivity index (χ1n) is 9.20. The highest BCUT2D eigenvalue weighted by Gasteiger charge is 2.59. The van der Waals surface area contributed by atoms with E-state index in [4.69, 9.17) is 11.6 Å². The number of allylic oxidation sites excluding steroid dienone is 2. The molecule has 1 spiro atoms. The fourth-order valence-corrected chi connectivity index (χ4v) is 4.21. The molecule has 3 atom stereocenters. The molecule has 0 aliphatic carbocycles. The average Bonchev–Trinajstić information content (AvgIpc) is 2.92. The molecule has 3 amide bonds. The number of amides is 3. The Balaban J connectivity index is 1.66. The van der Waals surface area contributed by atoms with Crippen molar-refractivity contribution in [1.29, 1.82) is 0 Å². The van der Waals surface area contributed by atoms with Gasteiger partial charge in [0.15, 0.2) is 0 Å². The second-order valence-electron chi connectivity index (χ2n) is 7.50. The third-order valence-corrected chi connectivity index (χ3v) is 6.19. The normalized spacial score (nSPS) is 35.2. The van der Waals surface area contributed by atoms with E-state index >= 15 is 0 Å². The van der Waals surface area contributed by atoms with Gasteiger partial charge in [-0.25, -0.2) is 10.2 Å². The second kappa shape index (κ2) is 7.55. The van der Waals surface area contributed by atoms with Gasteiger partial charge in [-0.15, -0.1) is 5.92 Å². The molecule has 0 radical (unpaired) electrons. The summed E-state index contributed by atoms with van der Waals surface area (Å²) in [5.74, 6) is 5.71. The van der Waals surface area contributed by atoms with Crippen LogP contribution in [0.25, 0.3) is 0 Å². The van der Waals surface area contributed by atoms with Crippen LogP contribution in [0.1, 0.15) is 33.6 Å². The summed E-state index contributed by atoms with van der Waals surface area (Å²) in [6, 6.07) is -0.395. The van der Waals surface area contributed by atoms with Gasteiger partial charge in [-0.05, 0) is 25.8 Å². The quantitative estimate of drug-likeness (QED) is 0.427. The van der Waals surface area contributed by atoms with Crippen LogP contribution >= 0.6 is 11.6 Å². The molecule has 0 aromatic rings. The van der Waals surface area contributed by atoms with Gasteiger partial charge in [0.2, 0.25) is 0 Å². The lowest BCUT2D eigenvalue weighted by molar-refractivity contribution is -0.132. The molecule has 0 aromatic heterocycles. The standard InChI is InChI=1S/C19H26ClN5O2/c1-4-6-14-15(24-23-14)11-13(20)7-9-25-10-8-19(18(3,5-2)12-25)16(26)21-17(27)22-19/h7,11,14,23-24H,5,8-10,12H2,1-3H3,(H2,21,22,26,27)/b13-7+,15-11+. The number of nitrogens with one attached hydrogen (secondary N) is 4. The number of piperidine rings is 1. The predicted octanol–water partition coefficient (Wildman–Crippen LogP) is 1.19. The van der Waals surface area contributed by atoms with Gasteiger partial charge in [-0.1, -0.05) is 37.4 Å². The van der Waals surface area contributed by atoms with Gasteiger partial charge in [0, 0.05) is 30.1 Å². The first-order valence-corrected chi connectivity index (χ1v) is 9.58. The summed E-state index contributed by atoms with van der Waals surface area (Å²) in [7, 11) is 0. The zero-order valence-electron chi connectivity index (χ0n) is 15.9. The second-order valence-corrected chi connectivity index (χ2v) is 7.93. The largest absolute Gasteiger partial charge is 0.323 e. The van der Waals surface area contributed by atoms with Crippen LogP contribution in [-0.2, 0) is 4.79 Å². The Morgan fingerprint density at radius 1 is 1.44 bits per heavy atom. The van der Waals surface area contributed by atoms with Crippen LogP contribution < -0.4 is 21.5 Å². The van der Waals surface area contributed by atoms with E-state index in [1.165, 1.54) is 0 Å². The Kier molecular flexibility index (Phi) is 5.52. The lowest BCUT2D eigenvalue weighted by atomic mass is 9.64. The number of hydrogen-bond donors (Lipinski definition) is 4. The SMILES string of the molecule is CC#CC1NN/C1=C/C(Cl)=C\CN1CCC2(NC(=O)NC2=O)C(C)(CC)C1. The van der Waals surface area contributed by atoms with Crippen molar-refractivity contribution in [2.45, 2.75) is 45.2 Å². The minimum atomic E-state index is -0.821. The Bertz CT molecular complexity index is 768. The monoisotopic (exact) mass is 391 g/mol. The molecule has 3 aliphatic rings. The summed E-state index contributed by atoms with van der Waals surface area (Å²) in [4.78, 5) is 26.5. The molecule has 146 valence electrons. The van der Waals surface area contributed by atoms with Crippen LogP contribution in [0.4, 0.5) is 4.79 Å². The number of carbonyl (C=O) groups excluding carboxylic acids is 2. The zero-order chi connectivity index (χ0) is 19.7. The van der Waals surface area contributed by atoms with E-state index < -0.39 is 11.6 Å². The molecule has 0 aromatic carbocycles. The van der Waals surface area contributed by atoms with Gasteiger partial charge in [-0.2, -0.15) is 0 Å². The Hall–Kier alpha value is -2.01. The van der Waals surface area contributed by atoms with E-state index in [-0.39, 0.29) is 17.4 Å². The molecular weight excluding hydrogens is 366 g/mol. The van der Waals surface area contributed by atoms with Crippen LogP contribution in [0.3, 0.4) is 0 Å². The number of likely N-dealkylation sites (tertiary alicyclic amines) is 1. The molecule has 27 heavy (non-hydrogen) atoms. The van der Waals surface area contributed by atoms with E-state index in [9.17, 15) is 9.59 Å². The molecule has 3 saturated heterocycles. The summed E-state index contributed by atoms with van der Waals surface area (Å²) >= 11 is 6.36. The summed E-state index contributed by atoms with van der Waals surface area (Å²) in [6.07, 6.45) is 5.21. The molecule has 3 rings (SSSR count). The van der Waals surface area contributed by atoms with E-state index in [1.54, 1.807) is 6.92 Å². The minimum Gasteiger partial charge on any atom is -0.323 e.